The summed E-state index contributed by atoms with van der Waals surface area (Å²) in [5, 5.41) is 12.3. The topological polar surface area (TPSA) is 35.5 Å². The summed E-state index contributed by atoms with van der Waals surface area (Å²) in [7, 11) is 0. The molecular formula is C14H20F2N2O. The minimum atomic E-state index is -0.542. The Morgan fingerprint density at radius 1 is 1.16 bits per heavy atom. The van der Waals surface area contributed by atoms with Gasteiger partial charge in [0, 0.05) is 44.9 Å². The first-order valence-electron chi connectivity index (χ1n) is 6.72. The molecule has 0 bridgehead atoms. The zero-order valence-corrected chi connectivity index (χ0v) is 10.9. The minimum absolute atomic E-state index is 0.0283. The number of rotatable bonds is 5. The Bertz CT molecular complexity index is 388. The third-order valence-corrected chi connectivity index (χ3v) is 3.50. The molecule has 1 heterocycles. The summed E-state index contributed by atoms with van der Waals surface area (Å²) >= 11 is 0. The van der Waals surface area contributed by atoms with Gasteiger partial charge in [-0.25, -0.2) is 8.78 Å². The molecule has 0 amide bonds. The third kappa shape index (κ3) is 3.96. The number of hydrogen-bond acceptors (Lipinski definition) is 3. The maximum Gasteiger partial charge on any atom is 0.126 e. The Kier molecular flexibility index (Phi) is 5.24. The Balaban J connectivity index is 2.19. The summed E-state index contributed by atoms with van der Waals surface area (Å²) in [6, 6.07) is 3.66. The van der Waals surface area contributed by atoms with Crippen LogP contribution in [0.5, 0.6) is 0 Å². The SMILES string of the molecule is OCCC[C@@H](c1cc(F)cc(F)c1)N1CCNCC1. The van der Waals surface area contributed by atoms with Crippen LogP contribution in [0.4, 0.5) is 8.78 Å². The number of hydrogen-bond donors (Lipinski definition) is 2. The molecule has 0 radical (unpaired) electrons. The molecule has 19 heavy (non-hydrogen) atoms. The van der Waals surface area contributed by atoms with Gasteiger partial charge in [0.15, 0.2) is 0 Å². The van der Waals surface area contributed by atoms with Crippen molar-refractivity contribution in [2.45, 2.75) is 18.9 Å². The molecule has 0 unspecified atom stereocenters. The quantitative estimate of drug-likeness (QED) is 0.854. The van der Waals surface area contributed by atoms with Gasteiger partial charge in [-0.15, -0.1) is 0 Å². The van der Waals surface area contributed by atoms with E-state index < -0.39 is 11.6 Å². The standard InChI is InChI=1S/C14H20F2N2O/c15-12-8-11(9-13(16)10-12)14(2-1-7-19)18-5-3-17-4-6-18/h8-10,14,17,19H,1-7H2/t14-/m0/s1. The third-order valence-electron chi connectivity index (χ3n) is 3.50. The van der Waals surface area contributed by atoms with E-state index in [0.717, 1.165) is 32.2 Å². The predicted octanol–water partition coefficient (Wildman–Crippen LogP) is 1.68. The normalized spacial score (nSPS) is 18.5. The van der Waals surface area contributed by atoms with Gasteiger partial charge in [0.25, 0.3) is 0 Å². The smallest absolute Gasteiger partial charge is 0.126 e. The van der Waals surface area contributed by atoms with Gasteiger partial charge >= 0.3 is 0 Å². The van der Waals surface area contributed by atoms with Crippen LogP contribution >= 0.6 is 0 Å². The predicted molar refractivity (Wildman–Crippen MR) is 69.9 cm³/mol. The number of piperazine rings is 1. The summed E-state index contributed by atoms with van der Waals surface area (Å²) in [5.41, 5.74) is 0.660. The van der Waals surface area contributed by atoms with Crippen LogP contribution in [-0.2, 0) is 0 Å². The van der Waals surface area contributed by atoms with E-state index >= 15 is 0 Å². The summed E-state index contributed by atoms with van der Waals surface area (Å²) < 4.78 is 26.7. The lowest BCUT2D eigenvalue weighted by atomic mass is 9.99. The summed E-state index contributed by atoms with van der Waals surface area (Å²) in [6.07, 6.45) is 1.34. The van der Waals surface area contributed by atoms with E-state index in [0.29, 0.717) is 18.4 Å². The van der Waals surface area contributed by atoms with Crippen LogP contribution < -0.4 is 5.32 Å². The van der Waals surface area contributed by atoms with Crippen molar-refractivity contribution in [3.63, 3.8) is 0 Å². The fourth-order valence-electron chi connectivity index (χ4n) is 2.61. The van der Waals surface area contributed by atoms with Gasteiger partial charge in [0.1, 0.15) is 11.6 Å². The van der Waals surface area contributed by atoms with E-state index in [9.17, 15) is 8.78 Å². The number of aliphatic hydroxyl groups excluding tert-OH is 1. The van der Waals surface area contributed by atoms with Gasteiger partial charge in [-0.05, 0) is 30.5 Å². The zero-order valence-electron chi connectivity index (χ0n) is 10.9. The van der Waals surface area contributed by atoms with Gasteiger partial charge in [0.2, 0.25) is 0 Å². The molecule has 1 saturated heterocycles. The summed E-state index contributed by atoms with van der Waals surface area (Å²) in [6.45, 7) is 3.57. The van der Waals surface area contributed by atoms with Crippen molar-refractivity contribution in [2.24, 2.45) is 0 Å². The molecule has 0 saturated carbocycles. The lowest BCUT2D eigenvalue weighted by Crippen LogP contribution is -2.45. The van der Waals surface area contributed by atoms with Crippen molar-refractivity contribution < 1.29 is 13.9 Å². The molecule has 0 spiro atoms. The molecule has 1 aromatic carbocycles. The van der Waals surface area contributed by atoms with E-state index in [2.05, 4.69) is 10.2 Å². The molecule has 1 fully saturated rings. The Morgan fingerprint density at radius 2 is 1.79 bits per heavy atom. The fraction of sp³-hybridized carbons (Fsp3) is 0.571. The van der Waals surface area contributed by atoms with Gasteiger partial charge in [0.05, 0.1) is 0 Å². The minimum Gasteiger partial charge on any atom is -0.396 e. The van der Waals surface area contributed by atoms with Crippen LogP contribution in [0.1, 0.15) is 24.4 Å². The van der Waals surface area contributed by atoms with E-state index in [-0.39, 0.29) is 12.6 Å². The van der Waals surface area contributed by atoms with Crippen LogP contribution in [0.2, 0.25) is 0 Å². The molecule has 1 aliphatic rings. The van der Waals surface area contributed by atoms with Crippen molar-refractivity contribution in [1.82, 2.24) is 10.2 Å². The highest BCUT2D eigenvalue weighted by atomic mass is 19.1. The molecule has 2 N–H and O–H groups in total. The molecule has 106 valence electrons. The summed E-state index contributed by atoms with van der Waals surface area (Å²) in [5.74, 6) is -1.08. The number of nitrogens with zero attached hydrogens (tertiary/aromatic N) is 1. The van der Waals surface area contributed by atoms with Crippen LogP contribution in [0.3, 0.4) is 0 Å². The molecule has 2 rings (SSSR count). The maximum absolute atomic E-state index is 13.4. The maximum atomic E-state index is 13.4. The Labute approximate surface area is 112 Å². The molecular weight excluding hydrogens is 250 g/mol. The van der Waals surface area contributed by atoms with E-state index in [1.165, 1.54) is 12.1 Å². The second kappa shape index (κ2) is 6.93. The highest BCUT2D eigenvalue weighted by Gasteiger charge is 2.22. The van der Waals surface area contributed by atoms with Crippen LogP contribution in [0.15, 0.2) is 18.2 Å². The van der Waals surface area contributed by atoms with E-state index in [4.69, 9.17) is 5.11 Å². The molecule has 0 aliphatic carbocycles. The second-order valence-corrected chi connectivity index (χ2v) is 4.87. The number of benzene rings is 1. The lowest BCUT2D eigenvalue weighted by molar-refractivity contribution is 0.154. The monoisotopic (exact) mass is 270 g/mol. The first-order valence-corrected chi connectivity index (χ1v) is 6.72. The average Bonchev–Trinajstić information content (AvgIpc) is 2.39. The van der Waals surface area contributed by atoms with Crippen molar-refractivity contribution in [3.8, 4) is 0 Å². The van der Waals surface area contributed by atoms with Gasteiger partial charge in [-0.1, -0.05) is 0 Å². The Hall–Kier alpha value is -1.04. The molecule has 3 nitrogen and oxygen atoms in total. The van der Waals surface area contributed by atoms with Gasteiger partial charge < -0.3 is 10.4 Å². The average molecular weight is 270 g/mol. The highest BCUT2D eigenvalue weighted by molar-refractivity contribution is 5.21. The number of nitrogens with one attached hydrogen (secondary N) is 1. The molecule has 1 atom stereocenters. The lowest BCUT2D eigenvalue weighted by Gasteiger charge is -2.35. The molecule has 1 aliphatic heterocycles. The van der Waals surface area contributed by atoms with Crippen LogP contribution in [-0.4, -0.2) is 42.8 Å². The number of halogens is 2. The Morgan fingerprint density at radius 3 is 2.37 bits per heavy atom. The van der Waals surface area contributed by atoms with Crippen LogP contribution in [0.25, 0.3) is 0 Å². The second-order valence-electron chi connectivity index (χ2n) is 4.87. The van der Waals surface area contributed by atoms with Crippen molar-refractivity contribution in [3.05, 3.63) is 35.4 Å². The van der Waals surface area contributed by atoms with Crippen molar-refractivity contribution >= 4 is 0 Å². The fourth-order valence-corrected chi connectivity index (χ4v) is 2.61. The van der Waals surface area contributed by atoms with E-state index in [1.807, 2.05) is 0 Å². The number of aliphatic hydroxyl groups is 1. The molecule has 0 aromatic heterocycles. The van der Waals surface area contributed by atoms with Gasteiger partial charge in [-0.2, -0.15) is 0 Å². The van der Waals surface area contributed by atoms with Gasteiger partial charge in [-0.3, -0.25) is 4.90 Å². The molecule has 1 aromatic rings. The van der Waals surface area contributed by atoms with Crippen molar-refractivity contribution in [1.29, 1.82) is 0 Å². The molecule has 5 heteroatoms. The van der Waals surface area contributed by atoms with Crippen molar-refractivity contribution in [2.75, 3.05) is 32.8 Å². The summed E-state index contributed by atoms with van der Waals surface area (Å²) in [4.78, 5) is 2.22. The first-order chi connectivity index (χ1) is 9.20. The highest BCUT2D eigenvalue weighted by Crippen LogP contribution is 2.27. The zero-order chi connectivity index (χ0) is 13.7. The first kappa shape index (κ1) is 14.4. The van der Waals surface area contributed by atoms with E-state index in [1.54, 1.807) is 0 Å². The van der Waals surface area contributed by atoms with Crippen LogP contribution in [0, 0.1) is 11.6 Å². The largest absolute Gasteiger partial charge is 0.396 e.